The van der Waals surface area contributed by atoms with Crippen LogP contribution in [0.2, 0.25) is 0 Å². The van der Waals surface area contributed by atoms with Crippen molar-refractivity contribution < 1.29 is 9.90 Å². The molecule has 2 aliphatic rings. The van der Waals surface area contributed by atoms with Crippen molar-refractivity contribution in [3.63, 3.8) is 0 Å². The molecule has 3 N–H and O–H groups in total. The number of aliphatic hydroxyl groups excluding tert-OH is 1. The van der Waals surface area contributed by atoms with E-state index in [1.165, 1.54) is 5.57 Å². The van der Waals surface area contributed by atoms with E-state index in [1.54, 1.807) is 6.20 Å². The number of rotatable bonds is 5. The van der Waals surface area contributed by atoms with Crippen LogP contribution in [0.1, 0.15) is 25.7 Å². The first-order chi connectivity index (χ1) is 10.7. The van der Waals surface area contributed by atoms with Crippen molar-refractivity contribution in [2.45, 2.75) is 44.4 Å². The van der Waals surface area contributed by atoms with Crippen molar-refractivity contribution in [1.82, 2.24) is 20.4 Å². The second kappa shape index (κ2) is 7.07. The highest BCUT2D eigenvalue weighted by atomic mass is 16.3. The number of aliphatic hydroxyl groups is 1. The number of hydrogen-bond acceptors (Lipinski definition) is 4. The van der Waals surface area contributed by atoms with E-state index in [0.29, 0.717) is 12.3 Å². The first-order valence-corrected chi connectivity index (χ1v) is 8.04. The molecule has 1 aliphatic heterocycles. The molecule has 6 nitrogen and oxygen atoms in total. The van der Waals surface area contributed by atoms with Gasteiger partial charge in [0.2, 0.25) is 5.91 Å². The van der Waals surface area contributed by atoms with Crippen LogP contribution < -0.4 is 10.6 Å². The number of carbonyl (C=O) groups excluding carboxylic acids is 1. The van der Waals surface area contributed by atoms with E-state index in [9.17, 15) is 9.90 Å². The van der Waals surface area contributed by atoms with Gasteiger partial charge in [-0.1, -0.05) is 11.6 Å². The van der Waals surface area contributed by atoms with Gasteiger partial charge < -0.3 is 15.7 Å². The van der Waals surface area contributed by atoms with E-state index < -0.39 is 6.10 Å². The number of aromatic nitrogens is 2. The Hall–Kier alpha value is -1.66. The summed E-state index contributed by atoms with van der Waals surface area (Å²) in [5, 5.41) is 20.6. The smallest absolute Gasteiger partial charge is 0.224 e. The average Bonchev–Trinajstić information content (AvgIpc) is 3.11. The van der Waals surface area contributed by atoms with Crippen molar-refractivity contribution in [2.75, 3.05) is 13.1 Å². The van der Waals surface area contributed by atoms with E-state index in [2.05, 4.69) is 21.8 Å². The fraction of sp³-hybridized carbons (Fsp3) is 0.625. The number of nitrogens with one attached hydrogen (secondary N) is 2. The molecule has 1 fully saturated rings. The molecular formula is C16H24N4O2. The largest absolute Gasteiger partial charge is 0.391 e. The molecule has 0 bridgehead atoms. The Kier molecular flexibility index (Phi) is 4.90. The minimum Gasteiger partial charge on any atom is -0.391 e. The Morgan fingerprint density at radius 3 is 3.14 bits per heavy atom. The molecule has 1 aliphatic carbocycles. The molecule has 0 spiro atoms. The summed E-state index contributed by atoms with van der Waals surface area (Å²) in [6.45, 7) is 2.59. The van der Waals surface area contributed by atoms with Crippen LogP contribution in [-0.4, -0.2) is 46.0 Å². The van der Waals surface area contributed by atoms with Gasteiger partial charge >= 0.3 is 0 Å². The molecule has 0 saturated heterocycles. The van der Waals surface area contributed by atoms with Gasteiger partial charge in [0.05, 0.1) is 12.1 Å². The van der Waals surface area contributed by atoms with E-state index in [4.69, 9.17) is 0 Å². The highest BCUT2D eigenvalue weighted by molar-refractivity contribution is 5.79. The van der Waals surface area contributed by atoms with Gasteiger partial charge in [-0.25, -0.2) is 0 Å². The van der Waals surface area contributed by atoms with Gasteiger partial charge in [-0.3, -0.25) is 9.48 Å². The van der Waals surface area contributed by atoms with Gasteiger partial charge in [-0.2, -0.15) is 5.10 Å². The van der Waals surface area contributed by atoms with E-state index >= 15 is 0 Å². The maximum Gasteiger partial charge on any atom is 0.224 e. The molecule has 2 heterocycles. The number of nitrogens with zero attached hydrogens (tertiary/aromatic N) is 2. The maximum absolute atomic E-state index is 12.1. The maximum atomic E-state index is 12.1. The first-order valence-electron chi connectivity index (χ1n) is 8.04. The van der Waals surface area contributed by atoms with Crippen LogP contribution in [0.25, 0.3) is 0 Å². The zero-order valence-corrected chi connectivity index (χ0v) is 12.7. The third-order valence-electron chi connectivity index (χ3n) is 4.52. The molecule has 120 valence electrons. The second-order valence-corrected chi connectivity index (χ2v) is 6.30. The molecule has 1 saturated carbocycles. The van der Waals surface area contributed by atoms with E-state index in [-0.39, 0.29) is 11.9 Å². The summed E-state index contributed by atoms with van der Waals surface area (Å²) in [5.74, 6) is 0.384. The zero-order chi connectivity index (χ0) is 15.4. The predicted octanol–water partition coefficient (Wildman–Crippen LogP) is 0.449. The topological polar surface area (TPSA) is 79.2 Å². The summed E-state index contributed by atoms with van der Waals surface area (Å²) in [7, 11) is 0. The quantitative estimate of drug-likeness (QED) is 0.690. The predicted molar refractivity (Wildman–Crippen MR) is 83.1 cm³/mol. The molecule has 1 unspecified atom stereocenters. The third-order valence-corrected chi connectivity index (χ3v) is 4.52. The van der Waals surface area contributed by atoms with Crippen molar-refractivity contribution in [3.05, 3.63) is 30.1 Å². The highest BCUT2D eigenvalue weighted by Gasteiger charge is 2.34. The lowest BCUT2D eigenvalue weighted by Gasteiger charge is -2.18. The van der Waals surface area contributed by atoms with E-state index in [1.807, 2.05) is 16.9 Å². The third kappa shape index (κ3) is 3.96. The Morgan fingerprint density at radius 1 is 1.50 bits per heavy atom. The standard InChI is InChI=1S/C16H24N4O2/c21-15-9-13(11-20-7-1-4-18-20)8-14(15)19-16(22)10-12-2-5-17-6-3-12/h1-2,4,7,13-15,17,21H,3,5-6,8-11H2,(H,19,22)/t13?,14-,15-/m1/s1. The minimum atomic E-state index is -0.452. The molecule has 3 rings (SSSR count). The molecule has 1 aromatic heterocycles. The summed E-state index contributed by atoms with van der Waals surface area (Å²) in [6, 6.07) is 1.77. The average molecular weight is 304 g/mol. The fourth-order valence-electron chi connectivity index (χ4n) is 3.39. The van der Waals surface area contributed by atoms with Crippen LogP contribution in [-0.2, 0) is 11.3 Å². The molecule has 3 atom stereocenters. The Bertz CT molecular complexity index is 526. The number of hydrogen-bond donors (Lipinski definition) is 3. The van der Waals surface area contributed by atoms with Gasteiger partial charge in [0.1, 0.15) is 0 Å². The van der Waals surface area contributed by atoms with Crippen molar-refractivity contribution >= 4 is 5.91 Å². The molecular weight excluding hydrogens is 280 g/mol. The molecule has 1 aromatic rings. The lowest BCUT2D eigenvalue weighted by molar-refractivity contribution is -0.121. The van der Waals surface area contributed by atoms with Crippen LogP contribution >= 0.6 is 0 Å². The van der Waals surface area contributed by atoms with Crippen molar-refractivity contribution in [2.24, 2.45) is 5.92 Å². The second-order valence-electron chi connectivity index (χ2n) is 6.30. The summed E-state index contributed by atoms with van der Waals surface area (Å²) < 4.78 is 1.89. The van der Waals surface area contributed by atoms with Crippen molar-refractivity contribution in [3.8, 4) is 0 Å². The molecule has 0 radical (unpaired) electrons. The van der Waals surface area contributed by atoms with Crippen LogP contribution in [0.15, 0.2) is 30.1 Å². The van der Waals surface area contributed by atoms with E-state index in [0.717, 1.165) is 38.9 Å². The SMILES string of the molecule is O=C(CC1=CCNCC1)N[C@@H]1CC(Cn2cccn2)C[C@H]1O. The van der Waals surface area contributed by atoms with Crippen LogP contribution in [0.3, 0.4) is 0 Å². The van der Waals surface area contributed by atoms with Gasteiger partial charge in [-0.15, -0.1) is 0 Å². The summed E-state index contributed by atoms with van der Waals surface area (Å²) in [6.07, 6.45) is 8.25. The molecule has 0 aromatic carbocycles. The lowest BCUT2D eigenvalue weighted by Crippen LogP contribution is -2.40. The Morgan fingerprint density at radius 2 is 2.41 bits per heavy atom. The van der Waals surface area contributed by atoms with Crippen LogP contribution in [0.5, 0.6) is 0 Å². The summed E-state index contributed by atoms with van der Waals surface area (Å²) in [4.78, 5) is 12.1. The lowest BCUT2D eigenvalue weighted by atomic mass is 10.0. The van der Waals surface area contributed by atoms with Crippen molar-refractivity contribution in [1.29, 1.82) is 0 Å². The Labute approximate surface area is 130 Å². The van der Waals surface area contributed by atoms with Crippen LogP contribution in [0, 0.1) is 5.92 Å². The first kappa shape index (κ1) is 15.2. The highest BCUT2D eigenvalue weighted by Crippen LogP contribution is 2.27. The molecule has 6 heteroatoms. The summed E-state index contributed by atoms with van der Waals surface area (Å²) in [5.41, 5.74) is 1.19. The Balaban J connectivity index is 1.47. The van der Waals surface area contributed by atoms with Gasteiger partial charge in [0, 0.05) is 31.9 Å². The van der Waals surface area contributed by atoms with Gasteiger partial charge in [-0.05, 0) is 37.8 Å². The summed E-state index contributed by atoms with van der Waals surface area (Å²) >= 11 is 0. The normalized spacial score (nSPS) is 28.4. The van der Waals surface area contributed by atoms with Gasteiger partial charge in [0.15, 0.2) is 0 Å². The number of carbonyl (C=O) groups is 1. The molecule has 1 amide bonds. The molecule has 22 heavy (non-hydrogen) atoms. The minimum absolute atomic E-state index is 0.0249. The van der Waals surface area contributed by atoms with Gasteiger partial charge in [0.25, 0.3) is 0 Å². The fourth-order valence-corrected chi connectivity index (χ4v) is 3.39. The zero-order valence-electron chi connectivity index (χ0n) is 12.7. The van der Waals surface area contributed by atoms with Crippen LogP contribution in [0.4, 0.5) is 0 Å². The monoisotopic (exact) mass is 304 g/mol. The number of amides is 1.